The van der Waals surface area contributed by atoms with Gasteiger partial charge >= 0.3 is 0 Å². The second-order valence-electron chi connectivity index (χ2n) is 6.71. The Hall–Kier alpha value is -3.18. The van der Waals surface area contributed by atoms with Crippen LogP contribution >= 0.6 is 11.6 Å². The third kappa shape index (κ3) is 4.30. The standard InChI is InChI=1S/C23H19ClFN3O/c24-18-11-9-16(10-12-18)23(29)26-14-13-22-27-20-7-3-4-8-21(20)28(22)15-17-5-1-2-6-19(17)25/h1-12H,13-15H2,(H,26,29). The Labute approximate surface area is 173 Å². The van der Waals surface area contributed by atoms with E-state index in [0.717, 1.165) is 16.9 Å². The zero-order chi connectivity index (χ0) is 20.2. The van der Waals surface area contributed by atoms with E-state index in [1.807, 2.05) is 34.9 Å². The molecule has 4 aromatic rings. The van der Waals surface area contributed by atoms with E-state index in [0.29, 0.717) is 35.7 Å². The number of halogens is 2. The van der Waals surface area contributed by atoms with Crippen molar-refractivity contribution in [3.8, 4) is 0 Å². The molecule has 146 valence electrons. The average Bonchev–Trinajstić information content (AvgIpc) is 3.07. The molecule has 0 saturated heterocycles. The lowest BCUT2D eigenvalue weighted by Crippen LogP contribution is -2.26. The second kappa shape index (κ2) is 8.45. The maximum Gasteiger partial charge on any atom is 0.251 e. The Bertz CT molecular complexity index is 1150. The molecule has 0 aliphatic carbocycles. The van der Waals surface area contributed by atoms with Crippen LogP contribution in [0.5, 0.6) is 0 Å². The first-order valence-corrected chi connectivity index (χ1v) is 9.71. The minimum absolute atomic E-state index is 0.168. The maximum absolute atomic E-state index is 14.2. The van der Waals surface area contributed by atoms with Crippen LogP contribution in [-0.4, -0.2) is 22.0 Å². The smallest absolute Gasteiger partial charge is 0.251 e. The molecule has 0 unspecified atom stereocenters. The molecule has 0 fully saturated rings. The van der Waals surface area contributed by atoms with Crippen LogP contribution in [0.25, 0.3) is 11.0 Å². The lowest BCUT2D eigenvalue weighted by Gasteiger charge is -2.11. The van der Waals surface area contributed by atoms with Crippen LogP contribution in [0, 0.1) is 5.82 Å². The van der Waals surface area contributed by atoms with Gasteiger partial charge in [-0.2, -0.15) is 0 Å². The van der Waals surface area contributed by atoms with Gasteiger partial charge in [-0.05, 0) is 42.5 Å². The Morgan fingerprint density at radius 1 is 1.00 bits per heavy atom. The first-order valence-electron chi connectivity index (χ1n) is 9.33. The molecule has 0 bridgehead atoms. The van der Waals surface area contributed by atoms with Crippen molar-refractivity contribution >= 4 is 28.5 Å². The van der Waals surface area contributed by atoms with Gasteiger partial charge < -0.3 is 9.88 Å². The Balaban J connectivity index is 1.53. The fourth-order valence-electron chi connectivity index (χ4n) is 3.28. The molecule has 0 aliphatic rings. The molecule has 0 aliphatic heterocycles. The van der Waals surface area contributed by atoms with Gasteiger partial charge in [0.25, 0.3) is 5.91 Å². The number of nitrogens with zero attached hydrogens (tertiary/aromatic N) is 2. The highest BCUT2D eigenvalue weighted by atomic mass is 35.5. The molecular weight excluding hydrogens is 389 g/mol. The number of carbonyl (C=O) groups excluding carboxylic acids is 1. The van der Waals surface area contributed by atoms with Crippen LogP contribution in [-0.2, 0) is 13.0 Å². The number of hydrogen-bond acceptors (Lipinski definition) is 2. The fraction of sp³-hybridized carbons (Fsp3) is 0.130. The summed E-state index contributed by atoms with van der Waals surface area (Å²) in [5, 5.41) is 3.49. The molecule has 6 heteroatoms. The zero-order valence-electron chi connectivity index (χ0n) is 15.6. The first kappa shape index (κ1) is 19.2. The topological polar surface area (TPSA) is 46.9 Å². The largest absolute Gasteiger partial charge is 0.352 e. The van der Waals surface area contributed by atoms with E-state index < -0.39 is 0 Å². The van der Waals surface area contributed by atoms with E-state index in [2.05, 4.69) is 5.32 Å². The van der Waals surface area contributed by atoms with E-state index >= 15 is 0 Å². The minimum Gasteiger partial charge on any atom is -0.352 e. The van der Waals surface area contributed by atoms with Gasteiger partial charge in [-0.1, -0.05) is 41.9 Å². The van der Waals surface area contributed by atoms with Crippen LogP contribution in [0.4, 0.5) is 4.39 Å². The highest BCUT2D eigenvalue weighted by molar-refractivity contribution is 6.30. The Kier molecular flexibility index (Phi) is 5.58. The molecule has 1 N–H and O–H groups in total. The Morgan fingerprint density at radius 3 is 2.52 bits per heavy atom. The number of amides is 1. The van der Waals surface area contributed by atoms with Crippen molar-refractivity contribution in [2.75, 3.05) is 6.54 Å². The molecule has 3 aromatic carbocycles. The van der Waals surface area contributed by atoms with Crippen LogP contribution < -0.4 is 5.32 Å². The molecule has 4 rings (SSSR count). The summed E-state index contributed by atoms with van der Waals surface area (Å²) in [5.74, 6) is 0.386. The number of imidazole rings is 1. The van der Waals surface area contributed by atoms with Crippen LogP contribution in [0.1, 0.15) is 21.7 Å². The number of fused-ring (bicyclic) bond motifs is 1. The van der Waals surface area contributed by atoms with Gasteiger partial charge in [-0.15, -0.1) is 0 Å². The van der Waals surface area contributed by atoms with E-state index in [-0.39, 0.29) is 11.7 Å². The van der Waals surface area contributed by atoms with Crippen molar-refractivity contribution in [1.29, 1.82) is 0 Å². The number of carbonyl (C=O) groups is 1. The molecule has 1 aromatic heterocycles. The lowest BCUT2D eigenvalue weighted by atomic mass is 10.2. The number of benzene rings is 3. The van der Waals surface area contributed by atoms with E-state index in [4.69, 9.17) is 16.6 Å². The molecule has 0 radical (unpaired) electrons. The van der Waals surface area contributed by atoms with Gasteiger partial charge in [0.1, 0.15) is 11.6 Å². The summed E-state index contributed by atoms with van der Waals surface area (Å²) in [6.45, 7) is 0.801. The Morgan fingerprint density at radius 2 is 1.72 bits per heavy atom. The van der Waals surface area contributed by atoms with Crippen molar-refractivity contribution in [1.82, 2.24) is 14.9 Å². The van der Waals surface area contributed by atoms with Crippen molar-refractivity contribution in [2.45, 2.75) is 13.0 Å². The monoisotopic (exact) mass is 407 g/mol. The molecular formula is C23H19ClFN3O. The van der Waals surface area contributed by atoms with Crippen molar-refractivity contribution in [2.24, 2.45) is 0 Å². The summed E-state index contributed by atoms with van der Waals surface area (Å²) < 4.78 is 16.2. The molecule has 29 heavy (non-hydrogen) atoms. The lowest BCUT2D eigenvalue weighted by molar-refractivity contribution is 0.0954. The van der Waals surface area contributed by atoms with Gasteiger partial charge in [-0.3, -0.25) is 4.79 Å². The quantitative estimate of drug-likeness (QED) is 0.496. The molecule has 4 nitrogen and oxygen atoms in total. The SMILES string of the molecule is O=C(NCCc1nc2ccccc2n1Cc1ccccc1F)c1ccc(Cl)cc1. The van der Waals surface area contributed by atoms with Crippen LogP contribution in [0.3, 0.4) is 0 Å². The van der Waals surface area contributed by atoms with Gasteiger partial charge in [0.2, 0.25) is 0 Å². The zero-order valence-corrected chi connectivity index (χ0v) is 16.4. The van der Waals surface area contributed by atoms with Gasteiger partial charge in [-0.25, -0.2) is 9.37 Å². The number of para-hydroxylation sites is 2. The summed E-state index contributed by atoms with van der Waals surface area (Å²) in [6.07, 6.45) is 0.530. The van der Waals surface area contributed by atoms with Crippen molar-refractivity contribution in [3.05, 3.63) is 101 Å². The average molecular weight is 408 g/mol. The van der Waals surface area contributed by atoms with E-state index in [9.17, 15) is 9.18 Å². The normalized spacial score (nSPS) is 11.0. The number of hydrogen-bond donors (Lipinski definition) is 1. The predicted molar refractivity (Wildman–Crippen MR) is 113 cm³/mol. The summed E-state index contributed by atoms with van der Waals surface area (Å²) in [7, 11) is 0. The van der Waals surface area contributed by atoms with Crippen LogP contribution in [0.15, 0.2) is 72.8 Å². The van der Waals surface area contributed by atoms with E-state index in [1.165, 1.54) is 6.07 Å². The summed E-state index contributed by atoms with van der Waals surface area (Å²) in [5.41, 5.74) is 2.94. The third-order valence-corrected chi connectivity index (χ3v) is 5.01. The highest BCUT2D eigenvalue weighted by Crippen LogP contribution is 2.19. The van der Waals surface area contributed by atoms with Crippen LogP contribution in [0.2, 0.25) is 5.02 Å². The number of aromatic nitrogens is 2. The van der Waals surface area contributed by atoms with Gasteiger partial charge in [0.15, 0.2) is 0 Å². The summed E-state index contributed by atoms with van der Waals surface area (Å²) in [4.78, 5) is 17.0. The third-order valence-electron chi connectivity index (χ3n) is 4.76. The number of rotatable bonds is 6. The first-order chi connectivity index (χ1) is 14.1. The summed E-state index contributed by atoms with van der Waals surface area (Å²) >= 11 is 5.87. The highest BCUT2D eigenvalue weighted by Gasteiger charge is 2.13. The molecule has 1 heterocycles. The maximum atomic E-state index is 14.2. The number of nitrogens with one attached hydrogen (secondary N) is 1. The van der Waals surface area contributed by atoms with Gasteiger partial charge in [0, 0.05) is 29.1 Å². The minimum atomic E-state index is -0.243. The van der Waals surface area contributed by atoms with Crippen molar-refractivity contribution < 1.29 is 9.18 Å². The molecule has 0 atom stereocenters. The predicted octanol–water partition coefficient (Wildman–Crippen LogP) is 4.85. The van der Waals surface area contributed by atoms with Crippen molar-refractivity contribution in [3.63, 3.8) is 0 Å². The second-order valence-corrected chi connectivity index (χ2v) is 7.14. The van der Waals surface area contributed by atoms with Gasteiger partial charge in [0.05, 0.1) is 17.6 Å². The summed E-state index contributed by atoms with van der Waals surface area (Å²) in [6, 6.07) is 21.2. The molecule has 0 spiro atoms. The molecule has 1 amide bonds. The molecule has 0 saturated carbocycles. The fourth-order valence-corrected chi connectivity index (χ4v) is 3.41. The van der Waals surface area contributed by atoms with E-state index in [1.54, 1.807) is 36.4 Å².